The molecule has 0 aliphatic heterocycles. The topological polar surface area (TPSA) is 102 Å². The Hall–Kier alpha value is -2.71. The molecule has 1 atom stereocenters. The molecule has 3 saturated carbocycles. The molecule has 1 unspecified atom stereocenters. The standard InChI is InChI=1S/C20H21ClN4O4/c1-11-5-14(3-4-16(11)29-19-22-9-13(21)10-23-19)24-18(27)25-17(26)15-8-20(28-2)6-12(15)7-20/h3-5,9-10,12,15H,6-8H2,1-2H3,(H2,24,25,26,27). The first-order chi connectivity index (χ1) is 13.9. The van der Waals surface area contributed by atoms with Crippen LogP contribution in [0, 0.1) is 18.8 Å². The summed E-state index contributed by atoms with van der Waals surface area (Å²) in [5.74, 6) is 0.430. The van der Waals surface area contributed by atoms with Gasteiger partial charge in [-0.3, -0.25) is 10.1 Å². The molecule has 1 aromatic heterocycles. The number of hydrogen-bond donors (Lipinski definition) is 2. The minimum absolute atomic E-state index is 0.163. The number of imide groups is 1. The number of fused-ring (bicyclic) bond motifs is 1. The highest BCUT2D eigenvalue weighted by Gasteiger charge is 2.58. The Labute approximate surface area is 173 Å². The number of methoxy groups -OCH3 is 1. The van der Waals surface area contributed by atoms with Gasteiger partial charge in [0.2, 0.25) is 5.91 Å². The summed E-state index contributed by atoms with van der Waals surface area (Å²) < 4.78 is 11.1. The zero-order valence-electron chi connectivity index (χ0n) is 16.1. The van der Waals surface area contributed by atoms with Crippen molar-refractivity contribution in [2.45, 2.75) is 31.8 Å². The Bertz CT molecular complexity index is 944. The van der Waals surface area contributed by atoms with Gasteiger partial charge in [0.25, 0.3) is 0 Å². The largest absolute Gasteiger partial charge is 0.424 e. The maximum Gasteiger partial charge on any atom is 0.325 e. The van der Waals surface area contributed by atoms with E-state index in [1.165, 1.54) is 12.4 Å². The fraction of sp³-hybridized carbons (Fsp3) is 0.400. The zero-order chi connectivity index (χ0) is 20.6. The number of amides is 3. The van der Waals surface area contributed by atoms with Crippen LogP contribution in [0.2, 0.25) is 5.02 Å². The summed E-state index contributed by atoms with van der Waals surface area (Å²) in [5.41, 5.74) is 1.15. The molecule has 3 amide bonds. The van der Waals surface area contributed by atoms with Crippen LogP contribution in [-0.4, -0.2) is 34.6 Å². The van der Waals surface area contributed by atoms with E-state index in [9.17, 15) is 9.59 Å². The average Bonchev–Trinajstić information content (AvgIpc) is 3.22. The minimum atomic E-state index is -0.556. The van der Waals surface area contributed by atoms with Gasteiger partial charge in [0.1, 0.15) is 5.75 Å². The average molecular weight is 417 g/mol. The molecular formula is C20H21ClN4O4. The van der Waals surface area contributed by atoms with Crippen molar-refractivity contribution >= 4 is 29.2 Å². The maximum atomic E-state index is 12.4. The van der Waals surface area contributed by atoms with Crippen LogP contribution < -0.4 is 15.4 Å². The summed E-state index contributed by atoms with van der Waals surface area (Å²) in [6.07, 6.45) is 5.34. The van der Waals surface area contributed by atoms with Crippen LogP contribution in [-0.2, 0) is 9.53 Å². The smallest absolute Gasteiger partial charge is 0.325 e. The van der Waals surface area contributed by atoms with E-state index in [0.29, 0.717) is 28.8 Å². The predicted molar refractivity (Wildman–Crippen MR) is 106 cm³/mol. The highest BCUT2D eigenvalue weighted by molar-refractivity contribution is 6.30. The lowest BCUT2D eigenvalue weighted by Gasteiger charge is -2.36. The third-order valence-electron chi connectivity index (χ3n) is 5.67. The molecule has 2 aromatic rings. The zero-order valence-corrected chi connectivity index (χ0v) is 16.8. The SMILES string of the molecule is COC12CC(C1)C(C(=O)NC(=O)Nc1ccc(Oc3ncc(Cl)cn3)c(C)c1)C2. The number of nitrogens with one attached hydrogen (secondary N) is 2. The van der Waals surface area contributed by atoms with Crippen LogP contribution in [0.5, 0.6) is 11.8 Å². The molecule has 2 N–H and O–H groups in total. The van der Waals surface area contributed by atoms with Crippen molar-refractivity contribution in [2.75, 3.05) is 12.4 Å². The molecule has 0 radical (unpaired) electrons. The Balaban J connectivity index is 1.33. The molecular weight excluding hydrogens is 396 g/mol. The molecule has 5 rings (SSSR count). The fourth-order valence-electron chi connectivity index (χ4n) is 4.13. The summed E-state index contributed by atoms with van der Waals surface area (Å²) in [4.78, 5) is 32.6. The van der Waals surface area contributed by atoms with E-state index in [1.807, 2.05) is 6.92 Å². The lowest BCUT2D eigenvalue weighted by Crippen LogP contribution is -2.40. The number of halogens is 1. The predicted octanol–water partition coefficient (Wildman–Crippen LogP) is 3.69. The number of aromatic nitrogens is 2. The lowest BCUT2D eigenvalue weighted by atomic mass is 9.78. The molecule has 2 bridgehead atoms. The van der Waals surface area contributed by atoms with E-state index >= 15 is 0 Å². The second-order valence-electron chi connectivity index (χ2n) is 7.58. The quantitative estimate of drug-likeness (QED) is 0.770. The van der Waals surface area contributed by atoms with Crippen LogP contribution in [0.3, 0.4) is 0 Å². The second kappa shape index (κ2) is 7.61. The number of nitrogens with zero attached hydrogens (tertiary/aromatic N) is 2. The van der Waals surface area contributed by atoms with Crippen molar-refractivity contribution in [1.82, 2.24) is 15.3 Å². The molecule has 3 fully saturated rings. The highest BCUT2D eigenvalue weighted by Crippen LogP contribution is 2.57. The molecule has 3 aliphatic carbocycles. The summed E-state index contributed by atoms with van der Waals surface area (Å²) in [6.45, 7) is 1.83. The third-order valence-corrected chi connectivity index (χ3v) is 5.86. The van der Waals surface area contributed by atoms with Gasteiger partial charge in [0.15, 0.2) is 0 Å². The molecule has 152 valence electrons. The van der Waals surface area contributed by atoms with Crippen LogP contribution in [0.4, 0.5) is 10.5 Å². The van der Waals surface area contributed by atoms with Gasteiger partial charge in [-0.1, -0.05) is 11.6 Å². The van der Waals surface area contributed by atoms with Crippen molar-refractivity contribution in [2.24, 2.45) is 11.8 Å². The number of aryl methyl sites for hydroxylation is 1. The first-order valence-corrected chi connectivity index (χ1v) is 9.68. The van der Waals surface area contributed by atoms with Crippen LogP contribution in [0.15, 0.2) is 30.6 Å². The number of rotatable bonds is 5. The summed E-state index contributed by atoms with van der Waals surface area (Å²) in [7, 11) is 1.68. The molecule has 29 heavy (non-hydrogen) atoms. The first-order valence-electron chi connectivity index (χ1n) is 9.30. The third kappa shape index (κ3) is 4.04. The van der Waals surface area contributed by atoms with Gasteiger partial charge in [-0.15, -0.1) is 0 Å². The van der Waals surface area contributed by atoms with E-state index in [2.05, 4.69) is 20.6 Å². The Morgan fingerprint density at radius 2 is 1.93 bits per heavy atom. The van der Waals surface area contributed by atoms with E-state index in [0.717, 1.165) is 18.4 Å². The highest BCUT2D eigenvalue weighted by atomic mass is 35.5. The van der Waals surface area contributed by atoms with Crippen LogP contribution >= 0.6 is 11.6 Å². The van der Waals surface area contributed by atoms with Gasteiger partial charge in [0.05, 0.1) is 23.0 Å². The van der Waals surface area contributed by atoms with Crippen molar-refractivity contribution in [1.29, 1.82) is 0 Å². The van der Waals surface area contributed by atoms with Crippen molar-refractivity contribution in [3.05, 3.63) is 41.2 Å². The van der Waals surface area contributed by atoms with Gasteiger partial charge in [-0.25, -0.2) is 14.8 Å². The van der Waals surface area contributed by atoms with Crippen molar-refractivity contribution in [3.8, 4) is 11.8 Å². The number of carbonyl (C=O) groups is 2. The van der Waals surface area contributed by atoms with E-state index < -0.39 is 6.03 Å². The lowest BCUT2D eigenvalue weighted by molar-refractivity contribution is -0.124. The fourth-order valence-corrected chi connectivity index (χ4v) is 4.23. The first kappa shape index (κ1) is 19.6. The summed E-state index contributed by atoms with van der Waals surface area (Å²) in [5, 5.41) is 5.54. The van der Waals surface area contributed by atoms with Gasteiger partial charge >= 0.3 is 12.0 Å². The number of anilines is 1. The molecule has 1 aromatic carbocycles. The van der Waals surface area contributed by atoms with Gasteiger partial charge in [-0.2, -0.15) is 0 Å². The normalized spacial score (nSPS) is 24.5. The maximum absolute atomic E-state index is 12.4. The van der Waals surface area contributed by atoms with Gasteiger partial charge in [-0.05, 0) is 55.9 Å². The molecule has 0 saturated heterocycles. The number of urea groups is 1. The molecule has 3 aliphatic rings. The minimum Gasteiger partial charge on any atom is -0.424 e. The molecule has 9 heteroatoms. The Morgan fingerprint density at radius 1 is 1.21 bits per heavy atom. The number of benzene rings is 1. The van der Waals surface area contributed by atoms with E-state index in [4.69, 9.17) is 21.1 Å². The number of carbonyl (C=O) groups excluding carboxylic acids is 2. The number of hydrogen-bond acceptors (Lipinski definition) is 6. The van der Waals surface area contributed by atoms with Gasteiger partial charge < -0.3 is 14.8 Å². The molecule has 8 nitrogen and oxygen atoms in total. The van der Waals surface area contributed by atoms with Crippen molar-refractivity contribution in [3.63, 3.8) is 0 Å². The summed E-state index contributed by atoms with van der Waals surface area (Å²) in [6, 6.07) is 4.72. The van der Waals surface area contributed by atoms with Gasteiger partial charge in [0, 0.05) is 18.7 Å². The number of ether oxygens (including phenoxy) is 2. The monoisotopic (exact) mass is 416 g/mol. The van der Waals surface area contributed by atoms with E-state index in [-0.39, 0.29) is 23.4 Å². The summed E-state index contributed by atoms with van der Waals surface area (Å²) >= 11 is 5.76. The molecule has 1 heterocycles. The second-order valence-corrected chi connectivity index (χ2v) is 8.01. The van der Waals surface area contributed by atoms with E-state index in [1.54, 1.807) is 25.3 Å². The van der Waals surface area contributed by atoms with Crippen molar-refractivity contribution < 1.29 is 19.1 Å². The Morgan fingerprint density at radius 3 is 2.55 bits per heavy atom. The van der Waals surface area contributed by atoms with Crippen LogP contribution in [0.1, 0.15) is 24.8 Å². The van der Waals surface area contributed by atoms with Crippen LogP contribution in [0.25, 0.3) is 0 Å². The Kier molecular flexibility index (Phi) is 5.14. The molecule has 0 spiro atoms.